The Hall–Kier alpha value is -4.67. The molecule has 0 unspecified atom stereocenters. The van der Waals surface area contributed by atoms with Crippen molar-refractivity contribution in [2.45, 2.75) is 82.1 Å². The predicted octanol–water partition coefficient (Wildman–Crippen LogP) is 7.90. The van der Waals surface area contributed by atoms with Crippen LogP contribution < -0.4 is 26.4 Å². The number of hydrogen-bond donors (Lipinski definition) is 5. The third-order valence-electron chi connectivity index (χ3n) is 8.37. The molecule has 5 rings (SSSR count). The minimum Gasteiger partial charge on any atom is -0.368 e. The number of hydrogen-bond acceptors (Lipinski definition) is 9. The van der Waals surface area contributed by atoms with E-state index < -0.39 is 26.0 Å². The highest BCUT2D eigenvalue weighted by atomic mass is 35.5. The number of sulfonamides is 2. The van der Waals surface area contributed by atoms with Gasteiger partial charge in [-0.05, 0) is 96.5 Å². The molecular weight excluding hydrogens is 784 g/mol. The summed E-state index contributed by atoms with van der Waals surface area (Å²) in [4.78, 5) is 12.1. The second-order valence-corrected chi connectivity index (χ2v) is 19.2. The van der Waals surface area contributed by atoms with Crippen LogP contribution in [-0.2, 0) is 30.9 Å². The Labute approximate surface area is 332 Å². The average molecular weight is 830 g/mol. The number of nitrogens with one attached hydrogen (secondary N) is 3. The highest BCUT2D eigenvalue weighted by Gasteiger charge is 2.24. The summed E-state index contributed by atoms with van der Waals surface area (Å²) in [6.45, 7) is 16.2. The van der Waals surface area contributed by atoms with Crippen molar-refractivity contribution in [3.8, 4) is 11.4 Å². The van der Waals surface area contributed by atoms with E-state index in [4.69, 9.17) is 34.8 Å². The molecule has 0 bridgehead atoms. The van der Waals surface area contributed by atoms with Crippen LogP contribution >= 0.6 is 23.2 Å². The van der Waals surface area contributed by atoms with Gasteiger partial charge < -0.3 is 5.73 Å². The molecule has 1 amide bonds. The van der Waals surface area contributed by atoms with Crippen LogP contribution in [0.25, 0.3) is 11.4 Å². The van der Waals surface area contributed by atoms with Gasteiger partial charge in [0.15, 0.2) is 5.82 Å². The predicted molar refractivity (Wildman–Crippen MR) is 220 cm³/mol. The zero-order chi connectivity index (χ0) is 41.1. The van der Waals surface area contributed by atoms with Gasteiger partial charge in [-0.2, -0.15) is 0 Å². The quantitative estimate of drug-likeness (QED) is 0.0556. The molecule has 13 nitrogen and oxygen atoms in total. The van der Waals surface area contributed by atoms with Crippen molar-refractivity contribution < 1.29 is 21.6 Å². The maximum absolute atomic E-state index is 13.0. The van der Waals surface area contributed by atoms with Crippen molar-refractivity contribution in [2.24, 2.45) is 5.84 Å². The number of hydrazine groups is 1. The smallest absolute Gasteiger partial charge is 0.267 e. The van der Waals surface area contributed by atoms with Gasteiger partial charge in [0.05, 0.1) is 26.7 Å². The second-order valence-electron chi connectivity index (χ2n) is 15.0. The molecule has 1 aromatic heterocycles. The summed E-state index contributed by atoms with van der Waals surface area (Å²) < 4.78 is 58.1. The lowest BCUT2D eigenvalue weighted by atomic mass is 9.87. The van der Waals surface area contributed by atoms with Crippen LogP contribution in [0.3, 0.4) is 0 Å². The molecule has 7 N–H and O–H groups in total. The van der Waals surface area contributed by atoms with E-state index in [0.717, 1.165) is 11.1 Å². The van der Waals surface area contributed by atoms with Crippen LogP contribution in [0.15, 0.2) is 94.7 Å². The van der Waals surface area contributed by atoms with Crippen LogP contribution in [0, 0.1) is 0 Å². The van der Waals surface area contributed by atoms with E-state index in [1.165, 1.54) is 30.3 Å². The number of nitrogen functional groups attached to an aromatic ring is 2. The summed E-state index contributed by atoms with van der Waals surface area (Å²) in [7, 11) is -7.69. The molecule has 1 heterocycles. The monoisotopic (exact) mass is 828 g/mol. The summed E-state index contributed by atoms with van der Waals surface area (Å²) in [5, 5.41) is 8.82. The zero-order valence-electron chi connectivity index (χ0n) is 31.8. The largest absolute Gasteiger partial charge is 0.368 e. The Kier molecular flexibility index (Phi) is 13.0. The van der Waals surface area contributed by atoms with Crippen LogP contribution in [-0.4, -0.2) is 37.5 Å². The molecule has 55 heavy (non-hydrogen) atoms. The maximum Gasteiger partial charge on any atom is 0.267 e. The number of rotatable bonds is 9. The number of amides is 1. The van der Waals surface area contributed by atoms with Crippen molar-refractivity contribution in [1.82, 2.24) is 20.2 Å². The van der Waals surface area contributed by atoms with E-state index in [2.05, 4.69) is 40.4 Å². The molecule has 294 valence electrons. The Bertz CT molecular complexity index is 2390. The van der Waals surface area contributed by atoms with Gasteiger partial charge in [0.2, 0.25) is 5.95 Å². The summed E-state index contributed by atoms with van der Waals surface area (Å²) in [5.74, 6) is 5.16. The maximum atomic E-state index is 13.0. The van der Waals surface area contributed by atoms with Crippen LogP contribution in [0.4, 0.5) is 17.3 Å². The number of benzene rings is 4. The summed E-state index contributed by atoms with van der Waals surface area (Å²) in [6.07, 6.45) is 0. The summed E-state index contributed by atoms with van der Waals surface area (Å²) >= 11 is 12.1. The molecule has 0 radical (unpaired) electrons. The molecule has 4 aromatic carbocycles. The molecule has 0 saturated carbocycles. The molecule has 5 aromatic rings. The van der Waals surface area contributed by atoms with Gasteiger partial charge in [-0.1, -0.05) is 89.0 Å². The van der Waals surface area contributed by atoms with Crippen LogP contribution in [0.5, 0.6) is 0 Å². The fourth-order valence-electron chi connectivity index (χ4n) is 5.33. The third kappa shape index (κ3) is 10.6. The number of anilines is 3. The van der Waals surface area contributed by atoms with Crippen molar-refractivity contribution in [2.75, 3.05) is 15.2 Å². The highest BCUT2D eigenvalue weighted by Crippen LogP contribution is 2.34. The molecule has 0 aliphatic rings. The molecule has 0 spiro atoms. The fraction of sp³-hybridized carbons (Fsp3) is 0.289. The first-order valence-corrected chi connectivity index (χ1v) is 20.7. The summed E-state index contributed by atoms with van der Waals surface area (Å²) in [6, 6.07) is 22.5. The number of aromatic nitrogens is 3. The van der Waals surface area contributed by atoms with Crippen LogP contribution in [0.2, 0.25) is 10.0 Å². The third-order valence-corrected chi connectivity index (χ3v) is 11.6. The molecule has 0 aliphatic heterocycles. The lowest BCUT2D eigenvalue weighted by Crippen LogP contribution is -2.31. The van der Waals surface area contributed by atoms with Gasteiger partial charge in [-0.15, -0.1) is 10.2 Å². The standard InChI is InChI=1S/C21H26ClN5O2S.C17H20ClN3O3S/c1-13(2)27-19(24-25-20(27)23)17-12-15(22)8-11-18(17)26-30(28,29)16-9-6-14(7-10-16)21(3,4)5;1-17(2,3)11-4-7-13(8-5-11)25(23,24)21-15-9-6-12(18)10-14(15)16(22)20-19/h6-13,26H,1-5H3,(H2,23,25);4-10,21H,19H2,1-3H3,(H,20,22). The first kappa shape index (κ1) is 43.1. The number of carbonyl (C=O) groups excluding carboxylic acids is 1. The van der Waals surface area contributed by atoms with Crippen LogP contribution in [0.1, 0.15) is 82.9 Å². The molecule has 0 aliphatic carbocycles. The average Bonchev–Trinajstić information content (AvgIpc) is 3.50. The van der Waals surface area contributed by atoms with E-state index in [0.29, 0.717) is 22.1 Å². The molecule has 0 fully saturated rings. The van der Waals surface area contributed by atoms with Gasteiger partial charge in [0.25, 0.3) is 26.0 Å². The minimum atomic E-state index is -3.87. The van der Waals surface area contributed by atoms with E-state index in [9.17, 15) is 21.6 Å². The van der Waals surface area contributed by atoms with Gasteiger partial charge in [-0.25, -0.2) is 22.7 Å². The van der Waals surface area contributed by atoms with Crippen molar-refractivity contribution in [1.29, 1.82) is 0 Å². The van der Waals surface area contributed by atoms with Crippen molar-refractivity contribution in [3.63, 3.8) is 0 Å². The number of halogens is 2. The van der Waals surface area contributed by atoms with E-state index >= 15 is 0 Å². The van der Waals surface area contributed by atoms with Gasteiger partial charge in [0, 0.05) is 21.7 Å². The van der Waals surface area contributed by atoms with Crippen molar-refractivity contribution in [3.05, 3.63) is 112 Å². The molecule has 0 atom stereocenters. The first-order valence-electron chi connectivity index (χ1n) is 17.0. The van der Waals surface area contributed by atoms with Crippen molar-refractivity contribution >= 4 is 66.5 Å². The lowest BCUT2D eigenvalue weighted by molar-refractivity contribution is 0.0954. The van der Waals surface area contributed by atoms with Gasteiger partial charge in [0.1, 0.15) is 0 Å². The van der Waals surface area contributed by atoms with Gasteiger partial charge in [-0.3, -0.25) is 24.2 Å². The number of carbonyl (C=O) groups is 1. The second kappa shape index (κ2) is 16.6. The zero-order valence-corrected chi connectivity index (χ0v) is 34.9. The highest BCUT2D eigenvalue weighted by molar-refractivity contribution is 7.93. The Morgan fingerprint density at radius 2 is 1.13 bits per heavy atom. The van der Waals surface area contributed by atoms with E-state index in [1.807, 2.05) is 52.2 Å². The molecular formula is C38H46Cl2N8O5S2. The Balaban J connectivity index is 0.000000249. The number of nitrogens with zero attached hydrogens (tertiary/aromatic N) is 3. The van der Waals surface area contributed by atoms with Gasteiger partial charge >= 0.3 is 0 Å². The fourth-order valence-corrected chi connectivity index (χ4v) is 7.84. The number of nitrogens with two attached hydrogens (primary N) is 2. The van der Waals surface area contributed by atoms with E-state index in [1.54, 1.807) is 47.0 Å². The minimum absolute atomic E-state index is 0.0246. The normalized spacial score (nSPS) is 12.1. The SMILES string of the molecule is CC(C)(C)c1ccc(S(=O)(=O)Nc2ccc(Cl)cc2C(=O)NN)cc1.CC(C)n1c(N)nnc1-c1cc(Cl)ccc1NS(=O)(=O)c1ccc(C(C)(C)C)cc1. The van der Waals surface area contributed by atoms with E-state index in [-0.39, 0.29) is 48.9 Å². The lowest BCUT2D eigenvalue weighted by Gasteiger charge is -2.19. The molecule has 0 saturated heterocycles. The summed E-state index contributed by atoms with van der Waals surface area (Å²) in [5.41, 5.74) is 10.8. The topological polar surface area (TPSA) is 204 Å². The Morgan fingerprint density at radius 1 is 0.691 bits per heavy atom. The Morgan fingerprint density at radius 3 is 1.56 bits per heavy atom. The molecule has 17 heteroatoms. The first-order chi connectivity index (χ1) is 25.4.